The lowest BCUT2D eigenvalue weighted by atomic mass is 9.90. The highest BCUT2D eigenvalue weighted by atomic mass is 16.6. The summed E-state index contributed by atoms with van der Waals surface area (Å²) in [5.74, 6) is -1.56. The molecule has 38 heavy (non-hydrogen) atoms. The molecule has 2 aliphatic rings. The summed E-state index contributed by atoms with van der Waals surface area (Å²) < 4.78 is 0. The Morgan fingerprint density at radius 1 is 0.921 bits per heavy atom. The molecule has 5 rings (SSSR count). The second-order valence-corrected chi connectivity index (χ2v) is 9.45. The molecule has 2 unspecified atom stereocenters. The number of nitro benzene ring substituents is 1. The Balaban J connectivity index is 1.52. The first-order chi connectivity index (χ1) is 18.3. The van der Waals surface area contributed by atoms with Gasteiger partial charge in [-0.05, 0) is 42.0 Å². The van der Waals surface area contributed by atoms with Gasteiger partial charge in [-0.25, -0.2) is 9.91 Å². The van der Waals surface area contributed by atoms with Gasteiger partial charge in [0.25, 0.3) is 11.6 Å². The van der Waals surface area contributed by atoms with Crippen molar-refractivity contribution in [2.45, 2.75) is 18.2 Å². The maximum absolute atomic E-state index is 13.7. The minimum Gasteiger partial charge on any atom is -0.386 e. The van der Waals surface area contributed by atoms with Crippen LogP contribution < -0.4 is 15.2 Å². The zero-order valence-corrected chi connectivity index (χ0v) is 20.8. The van der Waals surface area contributed by atoms with Gasteiger partial charge in [0, 0.05) is 37.6 Å². The zero-order chi connectivity index (χ0) is 27.0. The summed E-state index contributed by atoms with van der Waals surface area (Å²) in [4.78, 5) is 40.8. The molecule has 3 aromatic carbocycles. The van der Waals surface area contributed by atoms with Crippen LogP contribution in [0, 0.1) is 16.0 Å². The molecule has 0 saturated carbocycles. The van der Waals surface area contributed by atoms with Gasteiger partial charge >= 0.3 is 0 Å². The second-order valence-electron chi connectivity index (χ2n) is 9.45. The van der Waals surface area contributed by atoms with Gasteiger partial charge in [0.1, 0.15) is 6.04 Å². The molecule has 0 bridgehead atoms. The van der Waals surface area contributed by atoms with Crippen molar-refractivity contribution in [1.82, 2.24) is 5.01 Å². The number of nitrogens with zero attached hydrogens (tertiary/aromatic N) is 4. The number of non-ortho nitro benzene ring substituents is 1. The molecule has 1 saturated heterocycles. The molecule has 0 spiro atoms. The first kappa shape index (κ1) is 25.1. The van der Waals surface area contributed by atoms with Crippen molar-refractivity contribution in [1.29, 1.82) is 0 Å². The Morgan fingerprint density at radius 3 is 2.18 bits per heavy atom. The lowest BCUT2D eigenvalue weighted by molar-refractivity contribution is -0.384. The molecule has 10 heteroatoms. The smallest absolute Gasteiger partial charge is 0.269 e. The number of hydrogen-bond acceptors (Lipinski definition) is 8. The van der Waals surface area contributed by atoms with Gasteiger partial charge in [0.05, 0.1) is 28.7 Å². The fraction of sp³-hybridized carbons (Fsp3) is 0.214. The minimum atomic E-state index is -1.04. The van der Waals surface area contributed by atoms with Crippen molar-refractivity contribution >= 4 is 34.6 Å². The number of hydrogen-bond donors (Lipinski definition) is 2. The summed E-state index contributed by atoms with van der Waals surface area (Å²) in [5.41, 5.74) is 5.63. The van der Waals surface area contributed by atoms with E-state index in [4.69, 9.17) is 0 Å². The second kappa shape index (κ2) is 10.1. The van der Waals surface area contributed by atoms with Crippen LogP contribution in [0.15, 0.2) is 91.0 Å². The van der Waals surface area contributed by atoms with E-state index >= 15 is 0 Å². The fourth-order valence-corrected chi connectivity index (χ4v) is 4.88. The van der Waals surface area contributed by atoms with E-state index in [0.29, 0.717) is 16.9 Å². The molecule has 2 heterocycles. The summed E-state index contributed by atoms with van der Waals surface area (Å²) in [6.07, 6.45) is 2.37. The summed E-state index contributed by atoms with van der Waals surface area (Å²) in [7, 11) is 3.85. The highest BCUT2D eigenvalue weighted by Gasteiger charge is 2.54. The van der Waals surface area contributed by atoms with Gasteiger partial charge in [0.2, 0.25) is 5.91 Å². The van der Waals surface area contributed by atoms with E-state index in [2.05, 4.69) is 5.43 Å². The van der Waals surface area contributed by atoms with Gasteiger partial charge in [0.15, 0.2) is 0 Å². The number of nitro groups is 1. The van der Waals surface area contributed by atoms with Crippen LogP contribution in [0.5, 0.6) is 0 Å². The number of aliphatic hydroxyl groups excluding tert-OH is 1. The number of para-hydroxylation sites is 1. The zero-order valence-electron chi connectivity index (χ0n) is 20.8. The van der Waals surface area contributed by atoms with E-state index in [-0.39, 0.29) is 11.6 Å². The number of benzene rings is 3. The maximum Gasteiger partial charge on any atom is 0.269 e. The Kier molecular flexibility index (Phi) is 6.66. The molecular weight excluding hydrogens is 486 g/mol. The Bertz CT molecular complexity index is 1380. The molecule has 2 aliphatic heterocycles. The lowest BCUT2D eigenvalue weighted by Crippen LogP contribution is -2.55. The molecule has 3 aromatic rings. The quantitative estimate of drug-likeness (QED) is 0.213. The van der Waals surface area contributed by atoms with Gasteiger partial charge in [-0.3, -0.25) is 19.7 Å². The van der Waals surface area contributed by atoms with Crippen LogP contribution in [0.1, 0.15) is 11.7 Å². The third-order valence-electron chi connectivity index (χ3n) is 6.88. The molecule has 2 amide bonds. The number of fused-ring (bicyclic) bond motifs is 1. The van der Waals surface area contributed by atoms with E-state index in [1.54, 1.807) is 47.5 Å². The number of hydrazine groups is 1. The summed E-state index contributed by atoms with van der Waals surface area (Å²) >= 11 is 0. The fourth-order valence-electron chi connectivity index (χ4n) is 4.88. The molecule has 194 valence electrons. The standard InChI is InChI=1S/C28H27N5O5/c1-30(2)20-12-8-18(9-13-20)26(34)24-17-16-23-25(28(36)31(27(23)35)21-6-4-3-5-7-21)32(24)29-19-10-14-22(15-11-19)33(37)38/h3-17,23-26,29,34H,1-2H3/t23?,24?,25-,26-/m0/s1. The van der Waals surface area contributed by atoms with Crippen LogP contribution in [0.2, 0.25) is 0 Å². The van der Waals surface area contributed by atoms with Gasteiger partial charge in [-0.15, -0.1) is 0 Å². The Labute approximate surface area is 219 Å². The van der Waals surface area contributed by atoms with Crippen molar-refractivity contribution in [3.8, 4) is 0 Å². The first-order valence-electron chi connectivity index (χ1n) is 12.1. The number of aliphatic hydroxyl groups is 1. The van der Waals surface area contributed by atoms with E-state index < -0.39 is 34.9 Å². The highest BCUT2D eigenvalue weighted by Crippen LogP contribution is 2.38. The number of rotatable bonds is 7. The number of anilines is 3. The number of carbonyl (C=O) groups excluding carboxylic acids is 2. The Morgan fingerprint density at radius 2 is 1.58 bits per heavy atom. The van der Waals surface area contributed by atoms with Crippen LogP contribution in [0.4, 0.5) is 22.7 Å². The molecule has 0 aromatic heterocycles. The SMILES string of the molecule is CN(C)c1ccc([C@H](O)C2C=CC3C(=O)N(c4ccccc4)C(=O)[C@H]3N2Nc2ccc([N+](=O)[O-])cc2)cc1. The van der Waals surface area contributed by atoms with Crippen LogP contribution in [-0.2, 0) is 9.59 Å². The minimum absolute atomic E-state index is 0.0769. The Hall–Kier alpha value is -4.54. The molecule has 4 atom stereocenters. The van der Waals surface area contributed by atoms with Gasteiger partial charge in [-0.2, -0.15) is 0 Å². The number of carbonyl (C=O) groups is 2. The molecule has 1 fully saturated rings. The summed E-state index contributed by atoms with van der Waals surface area (Å²) in [6.45, 7) is 0. The van der Waals surface area contributed by atoms with Crippen molar-refractivity contribution in [2.24, 2.45) is 5.92 Å². The van der Waals surface area contributed by atoms with E-state index in [9.17, 15) is 24.8 Å². The molecule has 10 nitrogen and oxygen atoms in total. The predicted octanol–water partition coefficient (Wildman–Crippen LogP) is 3.52. The number of nitrogens with one attached hydrogen (secondary N) is 1. The number of imide groups is 1. The number of amides is 2. The van der Waals surface area contributed by atoms with Gasteiger partial charge in [-0.1, -0.05) is 42.5 Å². The predicted molar refractivity (Wildman–Crippen MR) is 143 cm³/mol. The van der Waals surface area contributed by atoms with Crippen molar-refractivity contribution < 1.29 is 19.6 Å². The first-order valence-corrected chi connectivity index (χ1v) is 12.1. The highest BCUT2D eigenvalue weighted by molar-refractivity contribution is 6.24. The van der Waals surface area contributed by atoms with Crippen molar-refractivity contribution in [2.75, 3.05) is 29.3 Å². The summed E-state index contributed by atoms with van der Waals surface area (Å²) in [5, 5.41) is 24.1. The average Bonchev–Trinajstić information content (AvgIpc) is 3.19. The lowest BCUT2D eigenvalue weighted by Gasteiger charge is -2.40. The molecule has 2 N–H and O–H groups in total. The van der Waals surface area contributed by atoms with Gasteiger partial charge < -0.3 is 15.4 Å². The molecular formula is C28H27N5O5. The van der Waals surface area contributed by atoms with E-state index in [1.165, 1.54) is 29.2 Å². The maximum atomic E-state index is 13.7. The van der Waals surface area contributed by atoms with E-state index in [0.717, 1.165) is 5.69 Å². The third-order valence-corrected chi connectivity index (χ3v) is 6.88. The van der Waals surface area contributed by atoms with E-state index in [1.807, 2.05) is 43.3 Å². The van der Waals surface area contributed by atoms with Crippen molar-refractivity contribution in [3.05, 3.63) is 107 Å². The van der Waals surface area contributed by atoms with Crippen LogP contribution in [0.3, 0.4) is 0 Å². The monoisotopic (exact) mass is 513 g/mol. The topological polar surface area (TPSA) is 119 Å². The third kappa shape index (κ3) is 4.51. The van der Waals surface area contributed by atoms with Crippen LogP contribution >= 0.6 is 0 Å². The normalized spacial score (nSPS) is 21.8. The average molecular weight is 514 g/mol. The molecule has 0 radical (unpaired) electrons. The summed E-state index contributed by atoms with van der Waals surface area (Å²) in [6, 6.07) is 20.2. The van der Waals surface area contributed by atoms with Crippen molar-refractivity contribution in [3.63, 3.8) is 0 Å². The largest absolute Gasteiger partial charge is 0.386 e. The van der Waals surface area contributed by atoms with Crippen LogP contribution in [-0.4, -0.2) is 53.0 Å². The van der Waals surface area contributed by atoms with Crippen LogP contribution in [0.25, 0.3) is 0 Å². The molecule has 0 aliphatic carbocycles.